The lowest BCUT2D eigenvalue weighted by atomic mass is 10.4. The first-order valence-electron chi connectivity index (χ1n) is 3.24. The molecule has 0 saturated carbocycles. The third-order valence-corrected chi connectivity index (χ3v) is 1.84. The summed E-state index contributed by atoms with van der Waals surface area (Å²) in [5.41, 5.74) is 0.659. The van der Waals surface area contributed by atoms with Crippen molar-refractivity contribution in [2.24, 2.45) is 5.14 Å². The van der Waals surface area contributed by atoms with E-state index in [1.165, 1.54) is 6.07 Å². The Morgan fingerprint density at radius 2 is 2.15 bits per heavy atom. The van der Waals surface area contributed by atoms with E-state index in [-0.39, 0.29) is 10.9 Å². The number of pyridine rings is 1. The van der Waals surface area contributed by atoms with Crippen LogP contribution in [0.1, 0.15) is 5.69 Å². The molecule has 0 aliphatic rings. The van der Waals surface area contributed by atoms with Crippen LogP contribution in [0.5, 0.6) is 5.75 Å². The molecule has 0 spiro atoms. The van der Waals surface area contributed by atoms with Crippen molar-refractivity contribution >= 4 is 21.9 Å². The Morgan fingerprint density at radius 3 is 2.62 bits per heavy atom. The van der Waals surface area contributed by atoms with Crippen LogP contribution in [0.3, 0.4) is 0 Å². The second kappa shape index (κ2) is 3.49. The first-order chi connectivity index (χ1) is 5.88. The highest BCUT2D eigenvalue weighted by Crippen LogP contribution is 2.22. The molecular formula is C6H7ClN2O3S. The van der Waals surface area contributed by atoms with Crippen molar-refractivity contribution in [1.29, 1.82) is 0 Å². The van der Waals surface area contributed by atoms with Gasteiger partial charge in [-0.05, 0) is 19.1 Å². The van der Waals surface area contributed by atoms with E-state index in [4.69, 9.17) is 11.6 Å². The maximum atomic E-state index is 10.5. The largest absolute Gasteiger partial charge is 0.380 e. The predicted octanol–water partition coefficient (Wildman–Crippen LogP) is 0.626. The molecule has 0 aliphatic heterocycles. The van der Waals surface area contributed by atoms with E-state index < -0.39 is 10.3 Å². The first-order valence-corrected chi connectivity index (χ1v) is 5.09. The van der Waals surface area contributed by atoms with Gasteiger partial charge in [-0.2, -0.15) is 13.6 Å². The molecule has 0 atom stereocenters. The van der Waals surface area contributed by atoms with Gasteiger partial charge < -0.3 is 4.18 Å². The fourth-order valence-electron chi connectivity index (χ4n) is 0.700. The molecule has 1 aromatic heterocycles. The van der Waals surface area contributed by atoms with Crippen LogP contribution in [-0.4, -0.2) is 13.4 Å². The van der Waals surface area contributed by atoms with Gasteiger partial charge in [0.25, 0.3) is 0 Å². The Kier molecular flexibility index (Phi) is 2.74. The quantitative estimate of drug-likeness (QED) is 0.744. The fourth-order valence-corrected chi connectivity index (χ4v) is 1.36. The summed E-state index contributed by atoms with van der Waals surface area (Å²) in [6.07, 6.45) is 0. The van der Waals surface area contributed by atoms with Gasteiger partial charge in [0.15, 0.2) is 10.9 Å². The molecule has 0 unspecified atom stereocenters. The maximum absolute atomic E-state index is 10.5. The normalized spacial score (nSPS) is 11.3. The van der Waals surface area contributed by atoms with Gasteiger partial charge in [0.05, 0.1) is 0 Å². The van der Waals surface area contributed by atoms with E-state index in [0.717, 1.165) is 0 Å². The molecule has 0 amide bonds. The molecule has 1 rings (SSSR count). The Morgan fingerprint density at radius 1 is 1.54 bits per heavy atom. The average Bonchev–Trinajstić information content (AvgIpc) is 1.93. The zero-order valence-corrected chi connectivity index (χ0v) is 8.26. The number of nitrogens with two attached hydrogens (primary N) is 1. The minimum atomic E-state index is -4.04. The summed E-state index contributed by atoms with van der Waals surface area (Å²) in [7, 11) is -4.04. The van der Waals surface area contributed by atoms with Crippen LogP contribution in [-0.2, 0) is 10.3 Å². The van der Waals surface area contributed by atoms with Gasteiger partial charge in [0, 0.05) is 5.69 Å². The monoisotopic (exact) mass is 222 g/mol. The Labute approximate surface area is 80.7 Å². The minimum Gasteiger partial charge on any atom is -0.368 e. The second-order valence-electron chi connectivity index (χ2n) is 2.32. The molecule has 72 valence electrons. The smallest absolute Gasteiger partial charge is 0.368 e. The number of hydrogen-bond acceptors (Lipinski definition) is 4. The molecule has 13 heavy (non-hydrogen) atoms. The molecule has 0 fully saturated rings. The van der Waals surface area contributed by atoms with E-state index >= 15 is 0 Å². The SMILES string of the molecule is Cc1ccc(OS(N)(=O)=O)c(Cl)n1. The summed E-state index contributed by atoms with van der Waals surface area (Å²) >= 11 is 5.58. The van der Waals surface area contributed by atoms with Crippen molar-refractivity contribution in [3.63, 3.8) is 0 Å². The van der Waals surface area contributed by atoms with Crippen LogP contribution in [0.15, 0.2) is 12.1 Å². The van der Waals surface area contributed by atoms with E-state index in [1.54, 1.807) is 13.0 Å². The fraction of sp³-hybridized carbons (Fsp3) is 0.167. The molecular weight excluding hydrogens is 216 g/mol. The predicted molar refractivity (Wildman–Crippen MR) is 47.7 cm³/mol. The van der Waals surface area contributed by atoms with E-state index in [2.05, 4.69) is 14.3 Å². The summed E-state index contributed by atoms with van der Waals surface area (Å²) in [5, 5.41) is 4.60. The highest BCUT2D eigenvalue weighted by Gasteiger charge is 2.09. The van der Waals surface area contributed by atoms with Crippen molar-refractivity contribution in [1.82, 2.24) is 4.98 Å². The van der Waals surface area contributed by atoms with Gasteiger partial charge in [0.1, 0.15) is 0 Å². The molecule has 1 heterocycles. The van der Waals surface area contributed by atoms with Crippen LogP contribution >= 0.6 is 11.6 Å². The second-order valence-corrected chi connectivity index (χ2v) is 3.83. The summed E-state index contributed by atoms with van der Waals surface area (Å²) in [4.78, 5) is 3.78. The summed E-state index contributed by atoms with van der Waals surface area (Å²) in [6.45, 7) is 1.71. The zero-order valence-electron chi connectivity index (χ0n) is 6.69. The highest BCUT2D eigenvalue weighted by molar-refractivity contribution is 7.84. The molecule has 1 aromatic rings. The third kappa shape index (κ3) is 3.17. The number of hydrogen-bond donors (Lipinski definition) is 1. The Hall–Kier alpha value is -0.850. The first kappa shape index (κ1) is 10.2. The van der Waals surface area contributed by atoms with Crippen molar-refractivity contribution in [3.8, 4) is 5.75 Å². The minimum absolute atomic E-state index is 0.0333. The zero-order chi connectivity index (χ0) is 10.1. The lowest BCUT2D eigenvalue weighted by Crippen LogP contribution is -2.19. The molecule has 5 nitrogen and oxygen atoms in total. The van der Waals surface area contributed by atoms with Gasteiger partial charge in [-0.3, -0.25) is 0 Å². The van der Waals surface area contributed by atoms with Gasteiger partial charge in [-0.25, -0.2) is 4.98 Å². The number of halogens is 1. The highest BCUT2D eigenvalue weighted by atomic mass is 35.5. The van der Waals surface area contributed by atoms with Gasteiger partial charge >= 0.3 is 10.3 Å². The molecule has 0 saturated heterocycles. The molecule has 2 N–H and O–H groups in total. The summed E-state index contributed by atoms with van der Waals surface area (Å²) in [6, 6.07) is 2.95. The van der Waals surface area contributed by atoms with Crippen LogP contribution in [0.25, 0.3) is 0 Å². The summed E-state index contributed by atoms with van der Waals surface area (Å²) < 4.78 is 25.4. The van der Waals surface area contributed by atoms with Gasteiger partial charge in [0.2, 0.25) is 0 Å². The van der Waals surface area contributed by atoms with Crippen LogP contribution in [0.2, 0.25) is 5.15 Å². The summed E-state index contributed by atoms with van der Waals surface area (Å²) in [5.74, 6) is -0.0743. The van der Waals surface area contributed by atoms with E-state index in [0.29, 0.717) is 5.69 Å². The standard InChI is InChI=1S/C6H7ClN2O3S/c1-4-2-3-5(6(7)9-4)12-13(8,10)11/h2-3H,1H3,(H2,8,10,11). The van der Waals surface area contributed by atoms with Gasteiger partial charge in [-0.15, -0.1) is 0 Å². The van der Waals surface area contributed by atoms with Gasteiger partial charge in [-0.1, -0.05) is 11.6 Å². The molecule has 0 radical (unpaired) electrons. The molecule has 7 heteroatoms. The third-order valence-electron chi connectivity index (χ3n) is 1.16. The average molecular weight is 223 g/mol. The lowest BCUT2D eigenvalue weighted by Gasteiger charge is -2.03. The Balaban J connectivity index is 3.04. The molecule has 0 aliphatic carbocycles. The number of nitrogens with zero attached hydrogens (tertiary/aromatic N) is 1. The topological polar surface area (TPSA) is 82.3 Å². The van der Waals surface area contributed by atoms with Crippen molar-refractivity contribution in [2.75, 3.05) is 0 Å². The van der Waals surface area contributed by atoms with Crippen LogP contribution in [0.4, 0.5) is 0 Å². The Bertz CT molecular complexity index is 418. The molecule has 0 aromatic carbocycles. The number of aryl methyl sites for hydroxylation is 1. The van der Waals surface area contributed by atoms with Crippen molar-refractivity contribution in [2.45, 2.75) is 6.92 Å². The van der Waals surface area contributed by atoms with Crippen LogP contribution < -0.4 is 9.32 Å². The van der Waals surface area contributed by atoms with E-state index in [1.807, 2.05) is 0 Å². The van der Waals surface area contributed by atoms with E-state index in [9.17, 15) is 8.42 Å². The van der Waals surface area contributed by atoms with Crippen LogP contribution in [0, 0.1) is 6.92 Å². The number of rotatable bonds is 2. The van der Waals surface area contributed by atoms with Crippen molar-refractivity contribution < 1.29 is 12.6 Å². The number of aromatic nitrogens is 1. The molecule has 0 bridgehead atoms. The van der Waals surface area contributed by atoms with Crippen molar-refractivity contribution in [3.05, 3.63) is 23.0 Å². The maximum Gasteiger partial charge on any atom is 0.380 e. The lowest BCUT2D eigenvalue weighted by molar-refractivity contribution is 0.486.